The largest absolute Gasteiger partial charge is 0.497 e. The Hall–Kier alpha value is -4.72. The lowest BCUT2D eigenvalue weighted by Gasteiger charge is -2.11. The van der Waals surface area contributed by atoms with E-state index in [-0.39, 0.29) is 5.56 Å². The molecule has 0 aliphatic carbocycles. The number of hydrogen-bond acceptors (Lipinski definition) is 6. The van der Waals surface area contributed by atoms with E-state index in [0.717, 1.165) is 28.8 Å². The second-order valence-electron chi connectivity index (χ2n) is 8.42. The molecule has 0 atom stereocenters. The highest BCUT2D eigenvalue weighted by Gasteiger charge is 2.21. The summed E-state index contributed by atoms with van der Waals surface area (Å²) < 4.78 is 14.3. The average Bonchev–Trinajstić information content (AvgIpc) is 3.24. The van der Waals surface area contributed by atoms with Gasteiger partial charge in [0.05, 0.1) is 30.9 Å². The van der Waals surface area contributed by atoms with Crippen molar-refractivity contribution < 1.29 is 9.47 Å². The highest BCUT2D eigenvalue weighted by atomic mass is 16.5. The molecule has 0 unspecified atom stereocenters. The van der Waals surface area contributed by atoms with Crippen LogP contribution in [0.15, 0.2) is 83.9 Å². The number of benzene rings is 3. The minimum absolute atomic E-state index is 0.220. The zero-order valence-electron chi connectivity index (χ0n) is 19.9. The van der Waals surface area contributed by atoms with Crippen molar-refractivity contribution in [3.63, 3.8) is 0 Å². The first-order valence-corrected chi connectivity index (χ1v) is 11.6. The number of rotatable bonds is 6. The Morgan fingerprint density at radius 2 is 1.53 bits per heavy atom. The van der Waals surface area contributed by atoms with Crippen LogP contribution in [-0.4, -0.2) is 38.3 Å². The summed E-state index contributed by atoms with van der Waals surface area (Å²) in [6, 6.07) is 23.0. The second-order valence-corrected chi connectivity index (χ2v) is 8.42. The molecular formula is C28H23N5O3. The van der Waals surface area contributed by atoms with Crippen molar-refractivity contribution in [3.8, 4) is 17.2 Å². The van der Waals surface area contributed by atoms with Gasteiger partial charge in [0.2, 0.25) is 0 Å². The molecule has 8 nitrogen and oxygen atoms in total. The van der Waals surface area contributed by atoms with Crippen LogP contribution < -0.4 is 15.0 Å². The van der Waals surface area contributed by atoms with Crippen LogP contribution in [0.2, 0.25) is 0 Å². The van der Waals surface area contributed by atoms with Crippen LogP contribution in [-0.2, 0) is 13.0 Å². The number of fused-ring (bicyclic) bond motifs is 4. The van der Waals surface area contributed by atoms with Crippen molar-refractivity contribution >= 4 is 33.2 Å². The SMILES string of the molecule is COc1ccc(CCn2c3nc4ccccc4nc3c3c(=O)n(-c4ccccc4OC)cnc32)cc1. The van der Waals surface area contributed by atoms with Gasteiger partial charge in [-0.05, 0) is 48.4 Å². The third-order valence-electron chi connectivity index (χ3n) is 6.38. The Balaban J connectivity index is 1.57. The highest BCUT2D eigenvalue weighted by Crippen LogP contribution is 2.27. The lowest BCUT2D eigenvalue weighted by molar-refractivity contribution is 0.412. The van der Waals surface area contributed by atoms with E-state index < -0.39 is 0 Å². The van der Waals surface area contributed by atoms with Crippen molar-refractivity contribution in [2.45, 2.75) is 13.0 Å². The second kappa shape index (κ2) is 8.81. The summed E-state index contributed by atoms with van der Waals surface area (Å²) in [5.74, 6) is 1.40. The molecule has 0 aliphatic heterocycles. The number of methoxy groups -OCH3 is 2. The molecule has 3 aromatic heterocycles. The maximum Gasteiger partial charge on any atom is 0.269 e. The number of aromatic nitrogens is 5. The van der Waals surface area contributed by atoms with Crippen LogP contribution in [0.3, 0.4) is 0 Å². The standard InChI is InChI=1S/C28H23N5O3/c1-35-19-13-11-18(12-14-19)15-16-32-26-24(25-27(32)31-21-8-4-3-7-20(21)30-25)28(34)33(17-29-26)22-9-5-6-10-23(22)36-2/h3-14,17H,15-16H2,1-2H3. The molecule has 0 aliphatic rings. The lowest BCUT2D eigenvalue weighted by atomic mass is 10.1. The van der Waals surface area contributed by atoms with E-state index in [2.05, 4.69) is 0 Å². The third-order valence-corrected chi connectivity index (χ3v) is 6.38. The van der Waals surface area contributed by atoms with Crippen LogP contribution in [0.25, 0.3) is 38.9 Å². The third kappa shape index (κ3) is 3.54. The highest BCUT2D eigenvalue weighted by molar-refractivity contribution is 6.04. The van der Waals surface area contributed by atoms with Crippen LogP contribution in [0.1, 0.15) is 5.56 Å². The normalized spacial score (nSPS) is 11.4. The van der Waals surface area contributed by atoms with Crippen LogP contribution in [0.5, 0.6) is 11.5 Å². The van der Waals surface area contributed by atoms with Gasteiger partial charge in [-0.25, -0.2) is 15.0 Å². The molecule has 0 saturated heterocycles. The Morgan fingerprint density at radius 1 is 0.806 bits per heavy atom. The molecule has 0 spiro atoms. The molecule has 6 rings (SSSR count). The van der Waals surface area contributed by atoms with Gasteiger partial charge >= 0.3 is 0 Å². The first kappa shape index (κ1) is 21.8. The van der Waals surface area contributed by atoms with E-state index in [9.17, 15) is 4.79 Å². The maximum absolute atomic E-state index is 13.9. The molecule has 0 bridgehead atoms. The van der Waals surface area contributed by atoms with Gasteiger partial charge in [-0.1, -0.05) is 36.4 Å². The first-order valence-electron chi connectivity index (χ1n) is 11.6. The fraction of sp³-hybridized carbons (Fsp3) is 0.143. The summed E-state index contributed by atoms with van der Waals surface area (Å²) in [6.45, 7) is 0.588. The molecule has 0 N–H and O–H groups in total. The zero-order chi connectivity index (χ0) is 24.6. The monoisotopic (exact) mass is 477 g/mol. The molecule has 8 heteroatoms. The van der Waals surface area contributed by atoms with Crippen molar-refractivity contribution in [2.24, 2.45) is 0 Å². The van der Waals surface area contributed by atoms with Crippen molar-refractivity contribution in [3.05, 3.63) is 95.0 Å². The molecule has 0 amide bonds. The van der Waals surface area contributed by atoms with Gasteiger partial charge in [0.1, 0.15) is 28.7 Å². The van der Waals surface area contributed by atoms with E-state index in [1.165, 1.54) is 4.57 Å². The predicted molar refractivity (Wildman–Crippen MR) is 139 cm³/mol. The average molecular weight is 478 g/mol. The van der Waals surface area contributed by atoms with Crippen LogP contribution in [0, 0.1) is 0 Å². The smallest absolute Gasteiger partial charge is 0.269 e. The summed E-state index contributed by atoms with van der Waals surface area (Å²) in [5.41, 5.74) is 4.77. The fourth-order valence-electron chi connectivity index (χ4n) is 4.55. The van der Waals surface area contributed by atoms with E-state index >= 15 is 0 Å². The number of ether oxygens (including phenoxy) is 2. The molecule has 3 heterocycles. The van der Waals surface area contributed by atoms with Gasteiger partial charge < -0.3 is 14.0 Å². The maximum atomic E-state index is 13.9. The number of nitrogens with zero attached hydrogens (tertiary/aromatic N) is 5. The minimum Gasteiger partial charge on any atom is -0.497 e. The van der Waals surface area contributed by atoms with E-state index in [4.69, 9.17) is 24.4 Å². The van der Waals surface area contributed by atoms with Gasteiger partial charge in [0, 0.05) is 6.54 Å². The number of aryl methyl sites for hydroxylation is 2. The predicted octanol–water partition coefficient (Wildman–Crippen LogP) is 4.54. The molecule has 6 aromatic rings. The van der Waals surface area contributed by atoms with Crippen LogP contribution in [0.4, 0.5) is 0 Å². The Morgan fingerprint density at radius 3 is 2.28 bits per heavy atom. The van der Waals surface area contributed by atoms with Crippen molar-refractivity contribution in [1.82, 2.24) is 24.1 Å². The molecular weight excluding hydrogens is 454 g/mol. The molecule has 0 saturated carbocycles. The van der Waals surface area contributed by atoms with E-state index in [1.54, 1.807) is 20.5 Å². The lowest BCUT2D eigenvalue weighted by Crippen LogP contribution is -2.19. The van der Waals surface area contributed by atoms with Gasteiger partial charge in [0.25, 0.3) is 5.56 Å². The molecule has 3 aromatic carbocycles. The molecule has 0 fully saturated rings. The summed E-state index contributed by atoms with van der Waals surface area (Å²) in [4.78, 5) is 28.4. The summed E-state index contributed by atoms with van der Waals surface area (Å²) in [5, 5.41) is 0.436. The Kier molecular flexibility index (Phi) is 5.33. The van der Waals surface area contributed by atoms with Crippen molar-refractivity contribution in [1.29, 1.82) is 0 Å². The topological polar surface area (TPSA) is 84.1 Å². The van der Waals surface area contributed by atoms with Crippen LogP contribution >= 0.6 is 0 Å². The van der Waals surface area contributed by atoms with Gasteiger partial charge in [-0.2, -0.15) is 0 Å². The quantitative estimate of drug-likeness (QED) is 0.350. The van der Waals surface area contributed by atoms with Gasteiger partial charge in [-0.15, -0.1) is 0 Å². The fourth-order valence-corrected chi connectivity index (χ4v) is 4.55. The Labute approximate surface area is 206 Å². The van der Waals surface area contributed by atoms with E-state index in [1.807, 2.05) is 77.4 Å². The van der Waals surface area contributed by atoms with Crippen molar-refractivity contribution in [2.75, 3.05) is 14.2 Å². The molecule has 0 radical (unpaired) electrons. The summed E-state index contributed by atoms with van der Waals surface area (Å²) >= 11 is 0. The number of para-hydroxylation sites is 4. The summed E-state index contributed by atoms with van der Waals surface area (Å²) in [6.07, 6.45) is 2.28. The molecule has 36 heavy (non-hydrogen) atoms. The van der Waals surface area contributed by atoms with Gasteiger partial charge in [-0.3, -0.25) is 9.36 Å². The molecule has 178 valence electrons. The van der Waals surface area contributed by atoms with Gasteiger partial charge in [0.15, 0.2) is 11.3 Å². The van der Waals surface area contributed by atoms with E-state index in [0.29, 0.717) is 40.2 Å². The number of hydrogen-bond donors (Lipinski definition) is 0. The Bertz CT molecular complexity index is 1790. The minimum atomic E-state index is -0.220. The first-order chi connectivity index (χ1) is 17.7. The zero-order valence-corrected chi connectivity index (χ0v) is 19.9. The summed E-state index contributed by atoms with van der Waals surface area (Å²) in [7, 11) is 3.23.